The Balaban J connectivity index is 1.47. The maximum absolute atomic E-state index is 12.7. The van der Waals surface area contributed by atoms with Gasteiger partial charge in [-0.2, -0.15) is 0 Å². The van der Waals surface area contributed by atoms with Crippen LogP contribution in [0.5, 0.6) is 0 Å². The van der Waals surface area contributed by atoms with Gasteiger partial charge in [-0.05, 0) is 57.4 Å². The predicted octanol–water partition coefficient (Wildman–Crippen LogP) is 5.34. The van der Waals surface area contributed by atoms with Crippen molar-refractivity contribution in [2.45, 2.75) is 69.7 Å². The number of fused-ring (bicyclic) bond motifs is 5. The number of carbonyl (C=O) groups excluding carboxylic acids is 1. The molecule has 3 heterocycles. The third-order valence-corrected chi connectivity index (χ3v) is 6.28. The Hall–Kier alpha value is -2.53. The molecule has 5 nitrogen and oxygen atoms in total. The number of benzene rings is 2. The molecular weight excluding hydrogens is 366 g/mol. The van der Waals surface area contributed by atoms with Crippen LogP contribution in [-0.2, 0) is 10.3 Å². The number of furan rings is 1. The van der Waals surface area contributed by atoms with Gasteiger partial charge in [0, 0.05) is 35.7 Å². The lowest BCUT2D eigenvalue weighted by Gasteiger charge is -2.44. The van der Waals surface area contributed by atoms with Crippen LogP contribution in [0.4, 0.5) is 4.79 Å². The van der Waals surface area contributed by atoms with Crippen LogP contribution < -0.4 is 0 Å². The van der Waals surface area contributed by atoms with Crippen molar-refractivity contribution in [3.63, 3.8) is 0 Å². The first-order chi connectivity index (χ1) is 13.7. The lowest BCUT2D eigenvalue weighted by Crippen LogP contribution is -2.53. The summed E-state index contributed by atoms with van der Waals surface area (Å²) in [4.78, 5) is 14.6. The molecule has 3 aromatic rings. The van der Waals surface area contributed by atoms with E-state index in [0.717, 1.165) is 40.3 Å². The molecule has 2 fully saturated rings. The van der Waals surface area contributed by atoms with Crippen LogP contribution in [-0.4, -0.2) is 33.8 Å². The smallest absolute Gasteiger partial charge is 0.410 e. The predicted molar refractivity (Wildman–Crippen MR) is 112 cm³/mol. The molecule has 0 spiro atoms. The summed E-state index contributed by atoms with van der Waals surface area (Å²) in [5.74, 6) is 0. The van der Waals surface area contributed by atoms with Crippen LogP contribution in [0, 0.1) is 0 Å². The Morgan fingerprint density at radius 2 is 1.72 bits per heavy atom. The van der Waals surface area contributed by atoms with Crippen molar-refractivity contribution < 1.29 is 19.1 Å². The van der Waals surface area contributed by atoms with Crippen LogP contribution >= 0.6 is 0 Å². The molecule has 2 saturated heterocycles. The fourth-order valence-corrected chi connectivity index (χ4v) is 5.09. The highest BCUT2D eigenvalue weighted by atomic mass is 16.6. The molecular formula is C24H27NO4. The summed E-state index contributed by atoms with van der Waals surface area (Å²) >= 11 is 0. The van der Waals surface area contributed by atoms with Crippen LogP contribution in [0.2, 0.25) is 0 Å². The minimum absolute atomic E-state index is 0.00499. The van der Waals surface area contributed by atoms with E-state index in [4.69, 9.17) is 9.15 Å². The summed E-state index contributed by atoms with van der Waals surface area (Å²) in [6.45, 7) is 5.66. The molecule has 29 heavy (non-hydrogen) atoms. The number of rotatable bonds is 1. The first-order valence-electron chi connectivity index (χ1n) is 10.4. The average Bonchev–Trinajstić information content (AvgIpc) is 3.15. The molecule has 5 heteroatoms. The quantitative estimate of drug-likeness (QED) is 0.606. The van der Waals surface area contributed by atoms with Gasteiger partial charge in [0.05, 0.1) is 5.60 Å². The lowest BCUT2D eigenvalue weighted by atomic mass is 9.80. The summed E-state index contributed by atoms with van der Waals surface area (Å²) in [5.41, 5.74) is 1.12. The monoisotopic (exact) mass is 393 g/mol. The van der Waals surface area contributed by atoms with E-state index in [1.54, 1.807) is 0 Å². The second-order valence-corrected chi connectivity index (χ2v) is 9.52. The minimum Gasteiger partial charge on any atom is -0.456 e. The van der Waals surface area contributed by atoms with E-state index >= 15 is 0 Å². The molecule has 0 saturated carbocycles. The van der Waals surface area contributed by atoms with Gasteiger partial charge in [-0.1, -0.05) is 24.3 Å². The number of nitrogens with zero attached hydrogens (tertiary/aromatic N) is 1. The zero-order valence-electron chi connectivity index (χ0n) is 17.1. The highest BCUT2D eigenvalue weighted by Gasteiger charge is 2.51. The van der Waals surface area contributed by atoms with E-state index in [0.29, 0.717) is 12.8 Å². The molecule has 2 atom stereocenters. The van der Waals surface area contributed by atoms with Gasteiger partial charge in [-0.15, -0.1) is 0 Å². The molecule has 1 aromatic heterocycles. The van der Waals surface area contributed by atoms with Gasteiger partial charge >= 0.3 is 6.09 Å². The first kappa shape index (κ1) is 18.5. The summed E-state index contributed by atoms with van der Waals surface area (Å²) < 4.78 is 11.5. The highest BCUT2D eigenvalue weighted by Crippen LogP contribution is 2.47. The molecule has 5 rings (SSSR count). The number of ether oxygens (including phenoxy) is 1. The normalized spacial score (nSPS) is 27.0. The number of hydrogen-bond acceptors (Lipinski definition) is 4. The van der Waals surface area contributed by atoms with Crippen molar-refractivity contribution in [1.29, 1.82) is 0 Å². The molecule has 2 aromatic carbocycles. The van der Waals surface area contributed by atoms with Gasteiger partial charge in [-0.3, -0.25) is 0 Å². The van der Waals surface area contributed by atoms with E-state index in [9.17, 15) is 9.90 Å². The SMILES string of the molecule is CC(C)(C)OC(=O)N1C2CCC1CC(O)(c1ccc3oc4ccccc4c3c1)C2. The molecule has 2 aliphatic heterocycles. The number of aliphatic hydroxyl groups is 1. The van der Waals surface area contributed by atoms with Gasteiger partial charge < -0.3 is 19.2 Å². The number of para-hydroxylation sites is 1. The number of amides is 1. The molecule has 152 valence electrons. The second kappa shape index (κ2) is 6.23. The van der Waals surface area contributed by atoms with E-state index in [1.807, 2.05) is 62.1 Å². The second-order valence-electron chi connectivity index (χ2n) is 9.52. The van der Waals surface area contributed by atoms with Crippen LogP contribution in [0.3, 0.4) is 0 Å². The standard InChI is InChI=1S/C24H27NO4/c1-23(2,3)29-22(26)25-16-9-10-17(25)14-24(27,13-16)15-8-11-21-19(12-15)18-6-4-5-7-20(18)28-21/h4-8,11-12,16-17,27H,9-10,13-14H2,1-3H3. The highest BCUT2D eigenvalue weighted by molar-refractivity contribution is 6.05. The van der Waals surface area contributed by atoms with Gasteiger partial charge in [0.2, 0.25) is 0 Å². The van der Waals surface area contributed by atoms with Gasteiger partial charge in [0.25, 0.3) is 0 Å². The zero-order valence-corrected chi connectivity index (χ0v) is 17.1. The third-order valence-electron chi connectivity index (χ3n) is 6.28. The maximum Gasteiger partial charge on any atom is 0.410 e. The lowest BCUT2D eigenvalue weighted by molar-refractivity contribution is -0.0623. The largest absolute Gasteiger partial charge is 0.456 e. The van der Waals surface area contributed by atoms with Crippen LogP contribution in [0.15, 0.2) is 46.9 Å². The molecule has 0 aliphatic carbocycles. The van der Waals surface area contributed by atoms with Crippen LogP contribution in [0.1, 0.15) is 52.0 Å². The topological polar surface area (TPSA) is 62.9 Å². The van der Waals surface area contributed by atoms with Crippen molar-refractivity contribution in [3.8, 4) is 0 Å². The Labute approximate surface area is 170 Å². The Bertz CT molecular complexity index is 1080. The Kier molecular flexibility index (Phi) is 3.97. The Morgan fingerprint density at radius 3 is 2.41 bits per heavy atom. The first-order valence-corrected chi connectivity index (χ1v) is 10.4. The fourth-order valence-electron chi connectivity index (χ4n) is 5.09. The van der Waals surface area contributed by atoms with Crippen molar-refractivity contribution in [3.05, 3.63) is 48.0 Å². The van der Waals surface area contributed by atoms with Gasteiger partial charge in [0.15, 0.2) is 0 Å². The van der Waals surface area contributed by atoms with Crippen LogP contribution in [0.25, 0.3) is 21.9 Å². The number of piperidine rings is 1. The molecule has 1 N–H and O–H groups in total. The summed E-state index contributed by atoms with van der Waals surface area (Å²) in [6.07, 6.45) is 2.61. The van der Waals surface area contributed by atoms with E-state index in [1.165, 1.54) is 0 Å². The van der Waals surface area contributed by atoms with Crippen molar-refractivity contribution in [2.75, 3.05) is 0 Å². The van der Waals surface area contributed by atoms with E-state index in [-0.39, 0.29) is 18.2 Å². The van der Waals surface area contributed by atoms with E-state index in [2.05, 4.69) is 6.07 Å². The summed E-state index contributed by atoms with van der Waals surface area (Å²) in [5, 5.41) is 13.7. The van der Waals surface area contributed by atoms with E-state index < -0.39 is 11.2 Å². The van der Waals surface area contributed by atoms with Crippen molar-refractivity contribution in [1.82, 2.24) is 4.90 Å². The zero-order chi connectivity index (χ0) is 20.4. The van der Waals surface area contributed by atoms with Gasteiger partial charge in [0.1, 0.15) is 16.8 Å². The minimum atomic E-state index is -0.948. The molecule has 2 unspecified atom stereocenters. The number of carbonyl (C=O) groups is 1. The molecule has 2 bridgehead atoms. The fraction of sp³-hybridized carbons (Fsp3) is 0.458. The maximum atomic E-state index is 12.7. The third kappa shape index (κ3) is 3.08. The van der Waals surface area contributed by atoms with Crippen molar-refractivity contribution >= 4 is 28.0 Å². The van der Waals surface area contributed by atoms with Gasteiger partial charge in [-0.25, -0.2) is 4.79 Å². The molecule has 0 radical (unpaired) electrons. The average molecular weight is 393 g/mol. The molecule has 1 amide bonds. The summed E-state index contributed by atoms with van der Waals surface area (Å²) in [7, 11) is 0. The van der Waals surface area contributed by atoms with Crippen molar-refractivity contribution in [2.24, 2.45) is 0 Å². The summed E-state index contributed by atoms with van der Waals surface area (Å²) in [6, 6.07) is 14.0. The number of hydrogen-bond donors (Lipinski definition) is 1. The Morgan fingerprint density at radius 1 is 1.07 bits per heavy atom. The molecule has 2 aliphatic rings.